The van der Waals surface area contributed by atoms with Crippen molar-refractivity contribution in [3.8, 4) is 0 Å². The Morgan fingerprint density at radius 2 is 2.33 bits per heavy atom. The van der Waals surface area contributed by atoms with Gasteiger partial charge in [0.05, 0.1) is 12.0 Å². The van der Waals surface area contributed by atoms with Crippen molar-refractivity contribution in [1.82, 2.24) is 15.4 Å². The number of likely N-dealkylation sites (tertiary alicyclic amines) is 1. The van der Waals surface area contributed by atoms with E-state index in [1.807, 2.05) is 0 Å². The maximum atomic E-state index is 12.1. The molecule has 116 valence electrons. The van der Waals surface area contributed by atoms with Crippen LogP contribution >= 0.6 is 0 Å². The van der Waals surface area contributed by atoms with Crippen molar-refractivity contribution in [2.75, 3.05) is 13.1 Å². The molecular weight excluding hydrogens is 274 g/mol. The van der Waals surface area contributed by atoms with E-state index in [1.165, 1.54) is 6.26 Å². The van der Waals surface area contributed by atoms with Crippen LogP contribution in [0.3, 0.4) is 0 Å². The standard InChI is InChI=1S/C14H21N3O4/c1-14(2,12(18)19)10-4-3-6-17(9-10)13(20)15-8-11-5-7-21-16-11/h5,7,10H,3-4,6,8-9H2,1-2H3,(H,15,20)(H,18,19). The van der Waals surface area contributed by atoms with Crippen LogP contribution in [0, 0.1) is 11.3 Å². The van der Waals surface area contributed by atoms with Crippen LogP contribution in [-0.2, 0) is 11.3 Å². The summed E-state index contributed by atoms with van der Waals surface area (Å²) in [6.07, 6.45) is 3.10. The van der Waals surface area contributed by atoms with E-state index in [0.717, 1.165) is 12.8 Å². The number of carbonyl (C=O) groups is 2. The molecule has 21 heavy (non-hydrogen) atoms. The highest BCUT2D eigenvalue weighted by Crippen LogP contribution is 2.34. The number of hydrogen-bond acceptors (Lipinski definition) is 4. The van der Waals surface area contributed by atoms with Gasteiger partial charge in [0.15, 0.2) is 0 Å². The van der Waals surface area contributed by atoms with Crippen LogP contribution in [0.25, 0.3) is 0 Å². The predicted octanol–water partition coefficient (Wildman–Crippen LogP) is 1.71. The summed E-state index contributed by atoms with van der Waals surface area (Å²) in [6.45, 7) is 4.85. The van der Waals surface area contributed by atoms with Crippen LogP contribution in [0.2, 0.25) is 0 Å². The Morgan fingerprint density at radius 1 is 1.57 bits per heavy atom. The summed E-state index contributed by atoms with van der Waals surface area (Å²) in [5.74, 6) is -0.862. The highest BCUT2D eigenvalue weighted by atomic mass is 16.5. The van der Waals surface area contributed by atoms with E-state index >= 15 is 0 Å². The molecule has 2 rings (SSSR count). The van der Waals surface area contributed by atoms with Gasteiger partial charge in [-0.2, -0.15) is 0 Å². The predicted molar refractivity (Wildman–Crippen MR) is 74.5 cm³/mol. The molecule has 0 saturated carbocycles. The molecule has 0 spiro atoms. The molecule has 2 amide bonds. The molecule has 2 heterocycles. The van der Waals surface area contributed by atoms with Gasteiger partial charge >= 0.3 is 12.0 Å². The number of carboxylic acids is 1. The molecule has 0 aromatic carbocycles. The van der Waals surface area contributed by atoms with Crippen molar-refractivity contribution >= 4 is 12.0 Å². The van der Waals surface area contributed by atoms with Crippen molar-refractivity contribution in [2.24, 2.45) is 11.3 Å². The lowest BCUT2D eigenvalue weighted by Crippen LogP contribution is -2.49. The fraction of sp³-hybridized carbons (Fsp3) is 0.643. The minimum atomic E-state index is -0.828. The summed E-state index contributed by atoms with van der Waals surface area (Å²) in [6, 6.07) is 1.50. The van der Waals surface area contributed by atoms with Gasteiger partial charge in [-0.25, -0.2) is 4.79 Å². The second-order valence-corrected chi connectivity index (χ2v) is 5.96. The zero-order chi connectivity index (χ0) is 15.5. The van der Waals surface area contributed by atoms with E-state index in [9.17, 15) is 14.7 Å². The van der Waals surface area contributed by atoms with Crippen LogP contribution in [0.1, 0.15) is 32.4 Å². The van der Waals surface area contributed by atoms with Crippen LogP contribution in [0.5, 0.6) is 0 Å². The molecule has 0 radical (unpaired) electrons. The number of nitrogens with one attached hydrogen (secondary N) is 1. The van der Waals surface area contributed by atoms with E-state index in [-0.39, 0.29) is 11.9 Å². The quantitative estimate of drug-likeness (QED) is 0.881. The van der Waals surface area contributed by atoms with Crippen LogP contribution in [0.4, 0.5) is 4.79 Å². The van der Waals surface area contributed by atoms with Crippen LogP contribution in [0.15, 0.2) is 16.9 Å². The van der Waals surface area contributed by atoms with Gasteiger partial charge in [-0.15, -0.1) is 0 Å². The smallest absolute Gasteiger partial charge is 0.317 e. The number of hydrogen-bond donors (Lipinski definition) is 2. The zero-order valence-electron chi connectivity index (χ0n) is 12.3. The van der Waals surface area contributed by atoms with Gasteiger partial charge < -0.3 is 19.8 Å². The Labute approximate surface area is 123 Å². The fourth-order valence-corrected chi connectivity index (χ4v) is 2.53. The molecule has 1 aliphatic rings. The van der Waals surface area contributed by atoms with E-state index in [1.54, 1.807) is 24.8 Å². The molecule has 0 aliphatic carbocycles. The average molecular weight is 295 g/mol. The topological polar surface area (TPSA) is 95.7 Å². The lowest BCUT2D eigenvalue weighted by Gasteiger charge is -2.39. The third kappa shape index (κ3) is 3.53. The molecule has 0 bridgehead atoms. The first-order valence-corrected chi connectivity index (χ1v) is 7.06. The molecule has 1 aliphatic heterocycles. The Bertz CT molecular complexity index is 498. The highest BCUT2D eigenvalue weighted by molar-refractivity contribution is 5.76. The second-order valence-electron chi connectivity index (χ2n) is 5.96. The Balaban J connectivity index is 1.91. The van der Waals surface area contributed by atoms with E-state index in [4.69, 9.17) is 4.52 Å². The zero-order valence-corrected chi connectivity index (χ0v) is 12.3. The van der Waals surface area contributed by atoms with Gasteiger partial charge in [-0.1, -0.05) is 5.16 Å². The highest BCUT2D eigenvalue weighted by Gasteiger charge is 2.39. The first kappa shape index (κ1) is 15.3. The molecule has 1 unspecified atom stereocenters. The molecule has 7 heteroatoms. The van der Waals surface area contributed by atoms with Gasteiger partial charge in [0.2, 0.25) is 0 Å². The first-order chi connectivity index (χ1) is 9.91. The van der Waals surface area contributed by atoms with Gasteiger partial charge in [0, 0.05) is 19.2 Å². The lowest BCUT2D eigenvalue weighted by molar-refractivity contribution is -0.151. The third-order valence-electron chi connectivity index (χ3n) is 4.19. The summed E-state index contributed by atoms with van der Waals surface area (Å²) in [5.41, 5.74) is -0.173. The van der Waals surface area contributed by atoms with Crippen molar-refractivity contribution in [3.63, 3.8) is 0 Å². The first-order valence-electron chi connectivity index (χ1n) is 7.06. The van der Waals surface area contributed by atoms with E-state index in [0.29, 0.717) is 25.3 Å². The normalized spacial score (nSPS) is 19.3. The number of carboxylic acid groups (broad SMARTS) is 1. The summed E-state index contributed by atoms with van der Waals surface area (Å²) in [7, 11) is 0. The van der Waals surface area contributed by atoms with Crippen molar-refractivity contribution in [2.45, 2.75) is 33.2 Å². The lowest BCUT2D eigenvalue weighted by atomic mass is 9.74. The maximum Gasteiger partial charge on any atom is 0.317 e. The number of piperidine rings is 1. The van der Waals surface area contributed by atoms with E-state index < -0.39 is 11.4 Å². The SMILES string of the molecule is CC(C)(C(=O)O)C1CCCN(C(=O)NCc2ccon2)C1. The number of urea groups is 1. The van der Waals surface area contributed by atoms with Crippen molar-refractivity contribution in [3.05, 3.63) is 18.0 Å². The largest absolute Gasteiger partial charge is 0.481 e. The third-order valence-corrected chi connectivity index (χ3v) is 4.19. The number of nitrogens with zero attached hydrogens (tertiary/aromatic N) is 2. The number of carbonyl (C=O) groups excluding carboxylic acids is 1. The minimum Gasteiger partial charge on any atom is -0.481 e. The summed E-state index contributed by atoms with van der Waals surface area (Å²) >= 11 is 0. The van der Waals surface area contributed by atoms with Gasteiger partial charge in [0.1, 0.15) is 12.0 Å². The Hall–Kier alpha value is -2.05. The number of amides is 2. The van der Waals surface area contributed by atoms with Gasteiger partial charge in [0.25, 0.3) is 0 Å². The average Bonchev–Trinajstić information content (AvgIpc) is 2.98. The number of aliphatic carboxylic acids is 1. The molecule has 1 aromatic rings. The second kappa shape index (κ2) is 6.15. The number of aromatic nitrogens is 1. The summed E-state index contributed by atoms with van der Waals surface area (Å²) in [5, 5.41) is 15.8. The van der Waals surface area contributed by atoms with Crippen molar-refractivity contribution in [1.29, 1.82) is 0 Å². The monoisotopic (exact) mass is 295 g/mol. The molecule has 1 atom stereocenters. The van der Waals surface area contributed by atoms with Gasteiger partial charge in [-0.3, -0.25) is 4.79 Å². The minimum absolute atomic E-state index is 0.0402. The molecule has 1 saturated heterocycles. The summed E-state index contributed by atoms with van der Waals surface area (Å²) in [4.78, 5) is 25.2. The molecule has 1 fully saturated rings. The van der Waals surface area contributed by atoms with Gasteiger partial charge in [-0.05, 0) is 32.6 Å². The molecule has 1 aromatic heterocycles. The summed E-state index contributed by atoms with van der Waals surface area (Å²) < 4.78 is 4.70. The van der Waals surface area contributed by atoms with E-state index in [2.05, 4.69) is 10.5 Å². The molecular formula is C14H21N3O4. The molecule has 7 nitrogen and oxygen atoms in total. The fourth-order valence-electron chi connectivity index (χ4n) is 2.53. The Morgan fingerprint density at radius 3 is 2.95 bits per heavy atom. The maximum absolute atomic E-state index is 12.1. The van der Waals surface area contributed by atoms with Crippen molar-refractivity contribution < 1.29 is 19.2 Å². The van der Waals surface area contributed by atoms with Crippen LogP contribution < -0.4 is 5.32 Å². The Kier molecular flexibility index (Phi) is 4.50. The number of rotatable bonds is 4. The molecule has 2 N–H and O–H groups in total. The van der Waals surface area contributed by atoms with Crippen LogP contribution in [-0.4, -0.2) is 40.3 Å².